The van der Waals surface area contributed by atoms with Crippen LogP contribution in [0, 0.1) is 0 Å². The molecule has 0 aliphatic heterocycles. The summed E-state index contributed by atoms with van der Waals surface area (Å²) in [6.07, 6.45) is 0. The zero-order chi connectivity index (χ0) is 14.3. The van der Waals surface area contributed by atoms with Crippen LogP contribution in [0.1, 0.15) is 17.8 Å². The summed E-state index contributed by atoms with van der Waals surface area (Å²) in [7, 11) is 0. The molecule has 0 aliphatic carbocycles. The number of benzene rings is 1. The van der Waals surface area contributed by atoms with Gasteiger partial charge in [0.15, 0.2) is 5.58 Å². The Morgan fingerprint density at radius 3 is 2.95 bits per heavy atom. The number of nitrogen functional groups attached to an aromatic ring is 1. The van der Waals surface area contributed by atoms with Crippen molar-refractivity contribution in [2.75, 3.05) is 11.1 Å². The van der Waals surface area contributed by atoms with Crippen LogP contribution in [-0.4, -0.2) is 4.98 Å². The summed E-state index contributed by atoms with van der Waals surface area (Å²) in [5.41, 5.74) is 8.29. The van der Waals surface area contributed by atoms with Crippen LogP contribution in [0.15, 0.2) is 33.5 Å². The molecule has 5 nitrogen and oxygen atoms in total. The predicted molar refractivity (Wildman–Crippen MR) is 82.6 cm³/mol. The summed E-state index contributed by atoms with van der Waals surface area (Å²) >= 11 is 7.45. The number of aromatic amines is 1. The number of aromatic nitrogens is 1. The van der Waals surface area contributed by atoms with Crippen molar-refractivity contribution >= 4 is 45.4 Å². The minimum absolute atomic E-state index is 0.0610. The molecule has 104 valence electrons. The third kappa shape index (κ3) is 2.39. The number of nitrogens with two attached hydrogens (primary N) is 1. The Labute approximate surface area is 123 Å². The molecule has 4 N–H and O–H groups in total. The Bertz CT molecular complexity index is 820. The molecule has 7 heteroatoms. The standard InChI is InChI=1S/C13H12ClN3O2S/c1-6(11-2-3-12(14)20-11)16-8-5-9-10(4-7(8)15)19-13(18)17-9/h2-6,16H,15H2,1H3,(H,17,18). The van der Waals surface area contributed by atoms with Crippen molar-refractivity contribution in [2.45, 2.75) is 13.0 Å². The molecule has 0 radical (unpaired) electrons. The first-order valence-corrected chi connectivity index (χ1v) is 7.16. The molecule has 3 aromatic rings. The maximum absolute atomic E-state index is 11.2. The minimum Gasteiger partial charge on any atom is -0.408 e. The van der Waals surface area contributed by atoms with E-state index in [1.807, 2.05) is 19.1 Å². The molecule has 0 bridgehead atoms. The van der Waals surface area contributed by atoms with E-state index in [-0.39, 0.29) is 6.04 Å². The van der Waals surface area contributed by atoms with E-state index >= 15 is 0 Å². The Balaban J connectivity index is 1.93. The fourth-order valence-corrected chi connectivity index (χ4v) is 3.07. The van der Waals surface area contributed by atoms with Crippen LogP contribution >= 0.6 is 22.9 Å². The molecule has 1 unspecified atom stereocenters. The smallest absolute Gasteiger partial charge is 0.408 e. The van der Waals surface area contributed by atoms with Crippen LogP contribution in [0.4, 0.5) is 11.4 Å². The predicted octanol–water partition coefficient (Wildman–Crippen LogP) is 3.59. The molecular formula is C13H12ClN3O2S. The molecule has 0 fully saturated rings. The molecule has 1 aromatic carbocycles. The highest BCUT2D eigenvalue weighted by Gasteiger charge is 2.12. The van der Waals surface area contributed by atoms with Gasteiger partial charge in [0, 0.05) is 10.9 Å². The van der Waals surface area contributed by atoms with Gasteiger partial charge in [-0.25, -0.2) is 4.79 Å². The summed E-state index contributed by atoms with van der Waals surface area (Å²) in [6, 6.07) is 7.29. The molecule has 0 saturated carbocycles. The molecule has 20 heavy (non-hydrogen) atoms. The maximum atomic E-state index is 11.2. The van der Waals surface area contributed by atoms with Crippen LogP contribution < -0.4 is 16.8 Å². The number of hydrogen-bond donors (Lipinski definition) is 3. The maximum Gasteiger partial charge on any atom is 0.417 e. The first kappa shape index (κ1) is 13.1. The summed E-state index contributed by atoms with van der Waals surface area (Å²) in [5.74, 6) is -0.491. The van der Waals surface area contributed by atoms with Gasteiger partial charge in [0.1, 0.15) is 0 Å². The number of nitrogens with one attached hydrogen (secondary N) is 2. The lowest BCUT2D eigenvalue weighted by Gasteiger charge is -2.15. The van der Waals surface area contributed by atoms with E-state index in [2.05, 4.69) is 10.3 Å². The molecule has 0 aliphatic rings. The van der Waals surface area contributed by atoms with Gasteiger partial charge in [-0.2, -0.15) is 0 Å². The second-order valence-electron chi connectivity index (χ2n) is 4.46. The first-order chi connectivity index (χ1) is 9.52. The largest absolute Gasteiger partial charge is 0.417 e. The van der Waals surface area contributed by atoms with Gasteiger partial charge in [0.2, 0.25) is 0 Å². The number of H-pyrrole nitrogens is 1. The van der Waals surface area contributed by atoms with Crippen molar-refractivity contribution in [2.24, 2.45) is 0 Å². The normalized spacial score (nSPS) is 12.7. The summed E-state index contributed by atoms with van der Waals surface area (Å²) < 4.78 is 5.71. The van der Waals surface area contributed by atoms with Gasteiger partial charge in [-0.1, -0.05) is 11.6 Å². The number of rotatable bonds is 3. The molecule has 1 atom stereocenters. The molecule has 0 amide bonds. The lowest BCUT2D eigenvalue weighted by molar-refractivity contribution is 0.555. The van der Waals surface area contributed by atoms with Crippen molar-refractivity contribution in [1.82, 2.24) is 4.98 Å². The monoisotopic (exact) mass is 309 g/mol. The van der Waals surface area contributed by atoms with Crippen molar-refractivity contribution in [3.8, 4) is 0 Å². The Hall–Kier alpha value is -1.92. The van der Waals surface area contributed by atoms with Crippen LogP contribution in [0.25, 0.3) is 11.1 Å². The van der Waals surface area contributed by atoms with Gasteiger partial charge in [-0.05, 0) is 25.1 Å². The highest BCUT2D eigenvalue weighted by atomic mass is 35.5. The molecule has 0 spiro atoms. The van der Waals surface area contributed by atoms with Gasteiger partial charge < -0.3 is 15.5 Å². The number of anilines is 2. The van der Waals surface area contributed by atoms with E-state index in [0.717, 1.165) is 14.9 Å². The molecular weight excluding hydrogens is 298 g/mol. The average Bonchev–Trinajstić information content (AvgIpc) is 2.95. The number of thiophene rings is 1. The van der Waals surface area contributed by atoms with E-state index in [9.17, 15) is 4.79 Å². The SMILES string of the molecule is CC(Nc1cc2[nH]c(=O)oc2cc1N)c1ccc(Cl)s1. The summed E-state index contributed by atoms with van der Waals surface area (Å²) in [6.45, 7) is 2.02. The topological polar surface area (TPSA) is 84.0 Å². The third-order valence-electron chi connectivity index (χ3n) is 2.98. The Morgan fingerprint density at radius 1 is 1.45 bits per heavy atom. The number of fused-ring (bicyclic) bond motifs is 1. The Kier molecular flexibility index (Phi) is 3.19. The van der Waals surface area contributed by atoms with Crippen molar-refractivity contribution < 1.29 is 4.42 Å². The minimum atomic E-state index is -0.491. The van der Waals surface area contributed by atoms with Gasteiger partial charge >= 0.3 is 5.76 Å². The zero-order valence-electron chi connectivity index (χ0n) is 10.6. The summed E-state index contributed by atoms with van der Waals surface area (Å²) in [4.78, 5) is 14.9. The van der Waals surface area contributed by atoms with Gasteiger partial charge in [-0.3, -0.25) is 4.98 Å². The van der Waals surface area contributed by atoms with Crippen molar-refractivity contribution in [3.05, 3.63) is 44.0 Å². The van der Waals surface area contributed by atoms with Gasteiger partial charge in [0.25, 0.3) is 0 Å². The van der Waals surface area contributed by atoms with E-state index in [4.69, 9.17) is 21.8 Å². The Morgan fingerprint density at radius 2 is 2.25 bits per heavy atom. The average molecular weight is 310 g/mol. The molecule has 0 saturated heterocycles. The second kappa shape index (κ2) is 4.88. The van der Waals surface area contributed by atoms with Gasteiger partial charge in [-0.15, -0.1) is 11.3 Å². The first-order valence-electron chi connectivity index (χ1n) is 5.97. The summed E-state index contributed by atoms with van der Waals surface area (Å²) in [5, 5.41) is 3.30. The zero-order valence-corrected chi connectivity index (χ0v) is 12.1. The van der Waals surface area contributed by atoms with E-state index in [1.54, 1.807) is 12.1 Å². The van der Waals surface area contributed by atoms with Crippen LogP contribution in [0.5, 0.6) is 0 Å². The molecule has 2 aromatic heterocycles. The van der Waals surface area contributed by atoms with E-state index in [1.165, 1.54) is 11.3 Å². The third-order valence-corrected chi connectivity index (χ3v) is 4.40. The van der Waals surface area contributed by atoms with E-state index in [0.29, 0.717) is 16.8 Å². The van der Waals surface area contributed by atoms with Crippen LogP contribution in [-0.2, 0) is 0 Å². The molecule has 3 rings (SSSR count). The quantitative estimate of drug-likeness (QED) is 0.645. The van der Waals surface area contributed by atoms with Crippen LogP contribution in [0.2, 0.25) is 4.34 Å². The second-order valence-corrected chi connectivity index (χ2v) is 6.20. The highest BCUT2D eigenvalue weighted by molar-refractivity contribution is 7.16. The number of halogens is 1. The lowest BCUT2D eigenvalue weighted by atomic mass is 10.2. The van der Waals surface area contributed by atoms with E-state index < -0.39 is 5.76 Å². The number of hydrogen-bond acceptors (Lipinski definition) is 5. The van der Waals surface area contributed by atoms with Gasteiger partial charge in [0.05, 0.1) is 27.3 Å². The fourth-order valence-electron chi connectivity index (χ4n) is 2.00. The number of oxazole rings is 1. The highest BCUT2D eigenvalue weighted by Crippen LogP contribution is 2.32. The molecule has 2 heterocycles. The van der Waals surface area contributed by atoms with Crippen LogP contribution in [0.3, 0.4) is 0 Å². The van der Waals surface area contributed by atoms with Crippen molar-refractivity contribution in [1.29, 1.82) is 0 Å². The lowest BCUT2D eigenvalue weighted by Crippen LogP contribution is -2.06. The fraction of sp³-hybridized carbons (Fsp3) is 0.154. The van der Waals surface area contributed by atoms with Crippen molar-refractivity contribution in [3.63, 3.8) is 0 Å².